The van der Waals surface area contributed by atoms with Crippen molar-refractivity contribution in [1.29, 1.82) is 0 Å². The number of esters is 1. The molecule has 0 saturated heterocycles. The Morgan fingerprint density at radius 3 is 2.86 bits per heavy atom. The van der Waals surface area contributed by atoms with Gasteiger partial charge in [-0.2, -0.15) is 13.9 Å². The van der Waals surface area contributed by atoms with Gasteiger partial charge in [0.1, 0.15) is 9.26 Å². The first-order valence-electron chi connectivity index (χ1n) is 3.76. The fourth-order valence-corrected chi connectivity index (χ4v) is 1.42. The van der Waals surface area contributed by atoms with Crippen LogP contribution in [0.15, 0.2) is 6.20 Å². The predicted octanol–water partition coefficient (Wildman–Crippen LogP) is 2.06. The van der Waals surface area contributed by atoms with Gasteiger partial charge in [-0.05, 0) is 29.5 Å². The van der Waals surface area contributed by atoms with Crippen molar-refractivity contribution < 1.29 is 18.3 Å². The minimum absolute atomic E-state index is 0.0627. The average Bonchev–Trinajstić information content (AvgIpc) is 2.48. The molecule has 78 valence electrons. The summed E-state index contributed by atoms with van der Waals surface area (Å²) >= 11 is 1.70. The van der Waals surface area contributed by atoms with Crippen LogP contribution in [0.4, 0.5) is 8.78 Å². The summed E-state index contributed by atoms with van der Waals surface area (Å²) in [5, 5.41) is 3.47. The van der Waals surface area contributed by atoms with Gasteiger partial charge in [0.2, 0.25) is 0 Å². The molecule has 1 heterocycles. The molecule has 14 heavy (non-hydrogen) atoms. The van der Waals surface area contributed by atoms with Crippen molar-refractivity contribution in [3.05, 3.63) is 15.5 Å². The van der Waals surface area contributed by atoms with Gasteiger partial charge in [-0.25, -0.2) is 9.48 Å². The molecule has 1 aromatic rings. The van der Waals surface area contributed by atoms with Crippen molar-refractivity contribution in [2.45, 2.75) is 13.5 Å². The highest BCUT2D eigenvalue weighted by atomic mass is 127. The summed E-state index contributed by atoms with van der Waals surface area (Å²) in [5.41, 5.74) is 0.0627. The Balaban J connectivity index is 2.92. The third-order valence-corrected chi connectivity index (χ3v) is 2.18. The number of ether oxygens (including phenoxy) is 1. The van der Waals surface area contributed by atoms with Crippen molar-refractivity contribution >= 4 is 28.6 Å². The van der Waals surface area contributed by atoms with Crippen LogP contribution in [0.1, 0.15) is 23.8 Å². The molecular formula is C7H7F2IN2O2. The Bertz CT molecular complexity index is 340. The third-order valence-electron chi connectivity index (χ3n) is 1.38. The van der Waals surface area contributed by atoms with Crippen LogP contribution in [0.2, 0.25) is 0 Å². The van der Waals surface area contributed by atoms with Crippen molar-refractivity contribution in [2.75, 3.05) is 6.61 Å². The molecule has 0 aliphatic heterocycles. The molecule has 0 unspecified atom stereocenters. The Kier molecular flexibility index (Phi) is 3.78. The molecule has 0 amide bonds. The summed E-state index contributed by atoms with van der Waals surface area (Å²) in [6, 6.07) is 0. The topological polar surface area (TPSA) is 44.1 Å². The van der Waals surface area contributed by atoms with E-state index in [2.05, 4.69) is 9.84 Å². The number of carbonyl (C=O) groups excluding carboxylic acids is 1. The summed E-state index contributed by atoms with van der Waals surface area (Å²) in [4.78, 5) is 11.2. The number of alkyl halides is 2. The van der Waals surface area contributed by atoms with Crippen molar-refractivity contribution in [3.8, 4) is 0 Å². The molecule has 0 bridgehead atoms. The Labute approximate surface area is 92.4 Å². The highest BCUT2D eigenvalue weighted by Crippen LogP contribution is 2.16. The van der Waals surface area contributed by atoms with Crippen LogP contribution >= 0.6 is 22.6 Å². The lowest BCUT2D eigenvalue weighted by molar-refractivity contribution is 0.0516. The molecule has 0 spiro atoms. The maximum Gasteiger partial charge on any atom is 0.342 e. The van der Waals surface area contributed by atoms with Crippen LogP contribution in [0.5, 0.6) is 0 Å². The van der Waals surface area contributed by atoms with Gasteiger partial charge in [-0.1, -0.05) is 0 Å². The highest BCUT2D eigenvalue weighted by Gasteiger charge is 2.18. The van der Waals surface area contributed by atoms with Gasteiger partial charge in [0, 0.05) is 6.20 Å². The minimum Gasteiger partial charge on any atom is -0.462 e. The second-order valence-electron chi connectivity index (χ2n) is 2.31. The number of hydrogen-bond donors (Lipinski definition) is 0. The van der Waals surface area contributed by atoms with E-state index in [0.29, 0.717) is 4.68 Å². The SMILES string of the molecule is CCOC(=O)c1cn(C(F)F)nc1I. The zero-order valence-electron chi connectivity index (χ0n) is 7.21. The van der Waals surface area contributed by atoms with Crippen LogP contribution in [-0.2, 0) is 4.74 Å². The average molecular weight is 316 g/mol. The van der Waals surface area contributed by atoms with Gasteiger partial charge in [-0.3, -0.25) is 0 Å². The van der Waals surface area contributed by atoms with E-state index < -0.39 is 12.5 Å². The summed E-state index contributed by atoms with van der Waals surface area (Å²) < 4.78 is 29.6. The number of carbonyl (C=O) groups is 1. The standard InChI is InChI=1S/C7H7F2IN2O2/c1-2-14-6(13)4-3-12(7(8)9)11-5(4)10/h3,7H,2H2,1H3. The smallest absolute Gasteiger partial charge is 0.342 e. The minimum atomic E-state index is -2.74. The van der Waals surface area contributed by atoms with Gasteiger partial charge >= 0.3 is 12.5 Å². The normalized spacial score (nSPS) is 10.6. The molecule has 0 N–H and O–H groups in total. The quantitative estimate of drug-likeness (QED) is 0.633. The molecule has 0 aliphatic carbocycles. The van der Waals surface area contributed by atoms with E-state index in [0.717, 1.165) is 6.20 Å². The molecule has 4 nitrogen and oxygen atoms in total. The first kappa shape index (κ1) is 11.3. The number of halogens is 3. The second kappa shape index (κ2) is 4.67. The van der Waals surface area contributed by atoms with Gasteiger partial charge in [0.25, 0.3) is 0 Å². The first-order chi connectivity index (χ1) is 6.56. The maximum absolute atomic E-state index is 12.2. The van der Waals surface area contributed by atoms with E-state index in [4.69, 9.17) is 0 Å². The van der Waals surface area contributed by atoms with Crippen LogP contribution in [0.25, 0.3) is 0 Å². The summed E-state index contributed by atoms with van der Waals surface area (Å²) in [6.07, 6.45) is 0.977. The zero-order valence-corrected chi connectivity index (χ0v) is 9.36. The number of aromatic nitrogens is 2. The first-order valence-corrected chi connectivity index (χ1v) is 4.84. The fourth-order valence-electron chi connectivity index (χ4n) is 0.815. The Morgan fingerprint density at radius 2 is 2.43 bits per heavy atom. The highest BCUT2D eigenvalue weighted by molar-refractivity contribution is 14.1. The molecule has 0 saturated carbocycles. The molecule has 0 radical (unpaired) electrons. The van der Waals surface area contributed by atoms with Crippen LogP contribution in [0.3, 0.4) is 0 Å². The molecule has 7 heteroatoms. The molecule has 0 atom stereocenters. The van der Waals surface area contributed by atoms with Crippen LogP contribution in [0, 0.1) is 3.70 Å². The zero-order chi connectivity index (χ0) is 10.7. The maximum atomic E-state index is 12.2. The van der Waals surface area contributed by atoms with Crippen LogP contribution < -0.4 is 0 Å². The van der Waals surface area contributed by atoms with E-state index in [-0.39, 0.29) is 15.9 Å². The van der Waals surface area contributed by atoms with Gasteiger partial charge in [0.15, 0.2) is 0 Å². The van der Waals surface area contributed by atoms with Gasteiger partial charge in [0.05, 0.1) is 6.61 Å². The molecule has 0 fully saturated rings. The van der Waals surface area contributed by atoms with Crippen molar-refractivity contribution in [3.63, 3.8) is 0 Å². The molecular weight excluding hydrogens is 309 g/mol. The Hall–Kier alpha value is -0.730. The summed E-state index contributed by atoms with van der Waals surface area (Å²) in [7, 11) is 0. The number of nitrogens with zero attached hydrogens (tertiary/aromatic N) is 2. The fraction of sp³-hybridized carbons (Fsp3) is 0.429. The number of hydrogen-bond acceptors (Lipinski definition) is 3. The molecule has 0 aliphatic rings. The van der Waals surface area contributed by atoms with E-state index in [1.54, 1.807) is 29.5 Å². The lowest BCUT2D eigenvalue weighted by Gasteiger charge is -1.97. The summed E-state index contributed by atoms with van der Waals surface area (Å²) in [6.45, 7) is -0.899. The largest absolute Gasteiger partial charge is 0.462 e. The van der Waals surface area contributed by atoms with E-state index in [9.17, 15) is 13.6 Å². The Morgan fingerprint density at radius 1 is 1.79 bits per heavy atom. The predicted molar refractivity (Wildman–Crippen MR) is 52.2 cm³/mol. The van der Waals surface area contributed by atoms with Crippen LogP contribution in [-0.4, -0.2) is 22.4 Å². The summed E-state index contributed by atoms with van der Waals surface area (Å²) in [5.74, 6) is -0.635. The van der Waals surface area contributed by atoms with Crippen molar-refractivity contribution in [2.24, 2.45) is 0 Å². The van der Waals surface area contributed by atoms with E-state index >= 15 is 0 Å². The van der Waals surface area contributed by atoms with E-state index in [1.165, 1.54) is 0 Å². The van der Waals surface area contributed by atoms with Crippen molar-refractivity contribution in [1.82, 2.24) is 9.78 Å². The van der Waals surface area contributed by atoms with Gasteiger partial charge in [-0.15, -0.1) is 0 Å². The number of rotatable bonds is 3. The lowest BCUT2D eigenvalue weighted by Crippen LogP contribution is -2.04. The molecule has 1 rings (SSSR count). The van der Waals surface area contributed by atoms with E-state index in [1.807, 2.05) is 0 Å². The third kappa shape index (κ3) is 2.40. The van der Waals surface area contributed by atoms with Gasteiger partial charge < -0.3 is 4.74 Å². The molecule has 0 aromatic carbocycles. The lowest BCUT2D eigenvalue weighted by atomic mass is 10.4. The molecule has 1 aromatic heterocycles. The second-order valence-corrected chi connectivity index (χ2v) is 3.33. The monoisotopic (exact) mass is 316 g/mol.